The van der Waals surface area contributed by atoms with Gasteiger partial charge in [-0.3, -0.25) is 0 Å². The molecule has 1 aliphatic heterocycles. The minimum absolute atomic E-state index is 0.0738. The van der Waals surface area contributed by atoms with E-state index in [0.717, 1.165) is 36.2 Å². The molecule has 1 aliphatic rings. The van der Waals surface area contributed by atoms with Gasteiger partial charge in [-0.25, -0.2) is 4.79 Å². The van der Waals surface area contributed by atoms with E-state index in [9.17, 15) is 4.79 Å². The van der Waals surface area contributed by atoms with Crippen molar-refractivity contribution in [2.75, 3.05) is 18.4 Å². The van der Waals surface area contributed by atoms with E-state index in [1.54, 1.807) is 11.0 Å². The van der Waals surface area contributed by atoms with Crippen molar-refractivity contribution in [2.24, 2.45) is 0 Å². The number of amides is 1. The van der Waals surface area contributed by atoms with Crippen molar-refractivity contribution in [3.8, 4) is 5.75 Å². The average molecular weight is 511 g/mol. The van der Waals surface area contributed by atoms with E-state index >= 15 is 0 Å². The third kappa shape index (κ3) is 6.50. The number of halogens is 2. The minimum atomic E-state index is -0.370. The maximum Gasteiger partial charge on any atom is 0.415 e. The fourth-order valence-electron chi connectivity index (χ4n) is 4.25. The van der Waals surface area contributed by atoms with Gasteiger partial charge < -0.3 is 15.0 Å². The van der Waals surface area contributed by atoms with Crippen molar-refractivity contribution >= 4 is 35.0 Å². The topological polar surface area (TPSA) is 41.6 Å². The van der Waals surface area contributed by atoms with Crippen molar-refractivity contribution in [2.45, 2.75) is 52.0 Å². The Bertz CT molecular complexity index is 1190. The van der Waals surface area contributed by atoms with E-state index in [1.165, 1.54) is 11.1 Å². The second-order valence-corrected chi connectivity index (χ2v) is 10.9. The molecule has 4 rings (SSSR count). The predicted molar refractivity (Wildman–Crippen MR) is 145 cm³/mol. The lowest BCUT2D eigenvalue weighted by atomic mass is 9.87. The molecule has 0 aliphatic carbocycles. The summed E-state index contributed by atoms with van der Waals surface area (Å²) in [6, 6.07) is 19.9. The van der Waals surface area contributed by atoms with Crippen LogP contribution < -0.4 is 10.1 Å². The number of nitrogens with zero attached hydrogens (tertiary/aromatic N) is 1. The zero-order chi connectivity index (χ0) is 25.0. The van der Waals surface area contributed by atoms with Crippen molar-refractivity contribution < 1.29 is 9.53 Å². The summed E-state index contributed by atoms with van der Waals surface area (Å²) in [5, 5.41) is 4.42. The number of benzene rings is 3. The minimum Gasteiger partial charge on any atom is -0.408 e. The van der Waals surface area contributed by atoms with Crippen LogP contribution in [0.5, 0.6) is 5.75 Å². The largest absolute Gasteiger partial charge is 0.415 e. The molecule has 3 aromatic rings. The third-order valence-electron chi connectivity index (χ3n) is 6.34. The molecule has 0 bridgehead atoms. The molecule has 35 heavy (non-hydrogen) atoms. The molecule has 184 valence electrons. The summed E-state index contributed by atoms with van der Waals surface area (Å²) in [7, 11) is 0. The van der Waals surface area contributed by atoms with E-state index in [4.69, 9.17) is 27.9 Å². The molecule has 0 unspecified atom stereocenters. The van der Waals surface area contributed by atoms with Gasteiger partial charge in [-0.2, -0.15) is 0 Å². The number of hydrogen-bond acceptors (Lipinski definition) is 3. The molecule has 0 atom stereocenters. The van der Waals surface area contributed by atoms with Crippen LogP contribution in [0.3, 0.4) is 0 Å². The molecule has 4 nitrogen and oxygen atoms in total. The van der Waals surface area contributed by atoms with Crippen LogP contribution in [0.4, 0.5) is 10.5 Å². The lowest BCUT2D eigenvalue weighted by molar-refractivity contribution is 0.150. The van der Waals surface area contributed by atoms with Gasteiger partial charge in [0.05, 0.1) is 15.7 Å². The smallest absolute Gasteiger partial charge is 0.408 e. The number of para-hydroxylation sites is 1. The number of hydrogen-bond donors (Lipinski definition) is 1. The standard InChI is InChI=1S/C29H32Cl2N2O2/c1-29(2,3)23-12-9-21(10-13-23)19-33(17-15-20-11-14-24(30)25(31)18-20)28(34)35-26-8-4-6-22-7-5-16-32-27(22)26/h4,6,8-14,18,32H,5,7,15-17,19H2,1-3H3. The van der Waals surface area contributed by atoms with Gasteiger partial charge in [0.25, 0.3) is 0 Å². The first-order chi connectivity index (χ1) is 16.7. The fraction of sp³-hybridized carbons (Fsp3) is 0.345. The average Bonchev–Trinajstić information content (AvgIpc) is 2.83. The second-order valence-electron chi connectivity index (χ2n) is 10.1. The van der Waals surface area contributed by atoms with Gasteiger partial charge in [-0.05, 0) is 65.1 Å². The molecule has 0 saturated heterocycles. The molecule has 1 amide bonds. The summed E-state index contributed by atoms with van der Waals surface area (Å²) in [5.41, 5.74) is 5.50. The first kappa shape index (κ1) is 25.4. The normalized spacial score (nSPS) is 13.1. The van der Waals surface area contributed by atoms with Crippen LogP contribution in [0.25, 0.3) is 0 Å². The van der Waals surface area contributed by atoms with Crippen LogP contribution in [-0.4, -0.2) is 24.1 Å². The monoisotopic (exact) mass is 510 g/mol. The highest BCUT2D eigenvalue weighted by Gasteiger charge is 2.21. The molecular formula is C29H32Cl2N2O2. The van der Waals surface area contributed by atoms with Crippen molar-refractivity contribution in [1.29, 1.82) is 0 Å². The van der Waals surface area contributed by atoms with Crippen LogP contribution in [0.1, 0.15) is 49.4 Å². The van der Waals surface area contributed by atoms with E-state index in [-0.39, 0.29) is 11.5 Å². The molecule has 0 spiro atoms. The quantitative estimate of drug-likeness (QED) is 0.366. The van der Waals surface area contributed by atoms with Crippen LogP contribution >= 0.6 is 23.2 Å². The lowest BCUT2D eigenvalue weighted by Crippen LogP contribution is -2.35. The zero-order valence-electron chi connectivity index (χ0n) is 20.5. The summed E-state index contributed by atoms with van der Waals surface area (Å²) in [5.74, 6) is 0.579. The van der Waals surface area contributed by atoms with Crippen LogP contribution in [0.2, 0.25) is 10.0 Å². The fourth-order valence-corrected chi connectivity index (χ4v) is 4.57. The first-order valence-corrected chi connectivity index (χ1v) is 12.8. The molecule has 1 heterocycles. The van der Waals surface area contributed by atoms with Crippen molar-refractivity contribution in [3.63, 3.8) is 0 Å². The van der Waals surface area contributed by atoms with Crippen LogP contribution in [0, 0.1) is 0 Å². The Morgan fingerprint density at radius 3 is 2.46 bits per heavy atom. The lowest BCUT2D eigenvalue weighted by Gasteiger charge is -2.25. The molecule has 0 radical (unpaired) electrons. The van der Waals surface area contributed by atoms with Gasteiger partial charge >= 0.3 is 6.09 Å². The van der Waals surface area contributed by atoms with Crippen LogP contribution in [0.15, 0.2) is 60.7 Å². The summed E-state index contributed by atoms with van der Waals surface area (Å²) in [6.07, 6.45) is 2.32. The van der Waals surface area contributed by atoms with Gasteiger partial charge in [-0.15, -0.1) is 0 Å². The summed E-state index contributed by atoms with van der Waals surface area (Å²) in [6.45, 7) is 8.39. The van der Waals surface area contributed by atoms with Gasteiger partial charge in [0, 0.05) is 19.6 Å². The zero-order valence-corrected chi connectivity index (χ0v) is 22.0. The highest BCUT2D eigenvalue weighted by atomic mass is 35.5. The molecule has 0 aromatic heterocycles. The number of aryl methyl sites for hydroxylation is 1. The SMILES string of the molecule is CC(C)(C)c1ccc(CN(CCc2ccc(Cl)c(Cl)c2)C(=O)Oc2cccc3c2NCCC3)cc1. The Balaban J connectivity index is 1.54. The van der Waals surface area contributed by atoms with E-state index < -0.39 is 0 Å². The number of rotatable bonds is 6. The number of ether oxygens (including phenoxy) is 1. The number of carbonyl (C=O) groups excluding carboxylic acids is 1. The van der Waals surface area contributed by atoms with E-state index in [2.05, 4.69) is 56.4 Å². The van der Waals surface area contributed by atoms with Crippen LogP contribution in [-0.2, 0) is 24.8 Å². The summed E-state index contributed by atoms with van der Waals surface area (Å²) < 4.78 is 5.93. The van der Waals surface area contributed by atoms with Crippen molar-refractivity contribution in [3.05, 3.63) is 93.0 Å². The molecule has 0 saturated carbocycles. The Morgan fingerprint density at radius 1 is 1.00 bits per heavy atom. The summed E-state index contributed by atoms with van der Waals surface area (Å²) in [4.78, 5) is 15.1. The van der Waals surface area contributed by atoms with Gasteiger partial charge in [-0.1, -0.05) is 86.4 Å². The van der Waals surface area contributed by atoms with Gasteiger partial charge in [0.15, 0.2) is 5.75 Å². The Morgan fingerprint density at radius 2 is 1.74 bits per heavy atom. The third-order valence-corrected chi connectivity index (χ3v) is 7.08. The molecule has 0 fully saturated rings. The number of anilines is 1. The Kier molecular flexibility index (Phi) is 7.93. The molecular weight excluding hydrogens is 479 g/mol. The molecule has 3 aromatic carbocycles. The number of nitrogens with one attached hydrogen (secondary N) is 1. The maximum absolute atomic E-state index is 13.4. The number of carbonyl (C=O) groups is 1. The first-order valence-electron chi connectivity index (χ1n) is 12.1. The summed E-state index contributed by atoms with van der Waals surface area (Å²) >= 11 is 12.3. The van der Waals surface area contributed by atoms with Crippen molar-refractivity contribution in [1.82, 2.24) is 4.90 Å². The highest BCUT2D eigenvalue weighted by Crippen LogP contribution is 2.32. The number of fused-ring (bicyclic) bond motifs is 1. The highest BCUT2D eigenvalue weighted by molar-refractivity contribution is 6.42. The van der Waals surface area contributed by atoms with E-state index in [0.29, 0.717) is 35.3 Å². The van der Waals surface area contributed by atoms with Gasteiger partial charge in [0.2, 0.25) is 0 Å². The maximum atomic E-state index is 13.4. The second kappa shape index (κ2) is 10.9. The Hall–Kier alpha value is -2.69. The molecule has 1 N–H and O–H groups in total. The Labute approximate surface area is 218 Å². The van der Waals surface area contributed by atoms with E-state index in [1.807, 2.05) is 24.3 Å². The predicted octanol–water partition coefficient (Wildman–Crippen LogP) is 7.89. The molecule has 6 heteroatoms. The van der Waals surface area contributed by atoms with Gasteiger partial charge in [0.1, 0.15) is 0 Å².